The predicted molar refractivity (Wildman–Crippen MR) is 137 cm³/mol. The van der Waals surface area contributed by atoms with Gasteiger partial charge >= 0.3 is 5.97 Å². The highest BCUT2D eigenvalue weighted by atomic mass is 16.4. The van der Waals surface area contributed by atoms with Crippen LogP contribution in [0, 0.1) is 11.3 Å². The van der Waals surface area contributed by atoms with Gasteiger partial charge in [-0.05, 0) is 69.3 Å². The van der Waals surface area contributed by atoms with Gasteiger partial charge in [0.2, 0.25) is 6.41 Å². The first-order chi connectivity index (χ1) is 17.4. The van der Waals surface area contributed by atoms with Gasteiger partial charge in [0.05, 0.1) is 17.2 Å². The number of carboxylic acid groups (broad SMARTS) is 1. The highest BCUT2D eigenvalue weighted by Gasteiger charge is 2.54. The standard InChI is InChI=1S/C27H30N6O3/c1-4-27-13-12-22(32(18-34)24-7-5-6-14-29-24)15-23(27)33(19(2)26(35)36)25(31(27)3)17-30-21-10-8-20(16-28)9-11-21/h5-12,14-15,18-19,25,30H,4,13,17H2,1-3H3,(H,35,36). The summed E-state index contributed by atoms with van der Waals surface area (Å²) in [6, 6.07) is 13.9. The van der Waals surface area contributed by atoms with E-state index in [0.717, 1.165) is 24.2 Å². The van der Waals surface area contributed by atoms with Crippen molar-refractivity contribution in [1.82, 2.24) is 14.8 Å². The molecule has 2 heterocycles. The lowest BCUT2D eigenvalue weighted by Gasteiger charge is -2.39. The molecular formula is C27H30N6O3. The molecule has 186 valence electrons. The number of nitrogens with one attached hydrogen (secondary N) is 1. The number of fused-ring (bicyclic) bond motifs is 1. The predicted octanol–water partition coefficient (Wildman–Crippen LogP) is 3.40. The van der Waals surface area contributed by atoms with Gasteiger partial charge in [0.1, 0.15) is 18.0 Å². The van der Waals surface area contributed by atoms with Crippen molar-refractivity contribution >= 4 is 23.9 Å². The Morgan fingerprint density at radius 1 is 1.36 bits per heavy atom. The molecule has 4 rings (SSSR count). The number of amides is 1. The van der Waals surface area contributed by atoms with Gasteiger partial charge < -0.3 is 15.3 Å². The molecule has 0 spiro atoms. The van der Waals surface area contributed by atoms with Gasteiger partial charge in [0.15, 0.2) is 0 Å². The number of likely N-dealkylation sites (N-methyl/N-ethyl adjacent to an activating group) is 1. The van der Waals surface area contributed by atoms with E-state index in [2.05, 4.69) is 28.2 Å². The number of hydrogen-bond donors (Lipinski definition) is 2. The molecule has 1 aliphatic heterocycles. The van der Waals surface area contributed by atoms with Crippen molar-refractivity contribution in [2.24, 2.45) is 0 Å². The number of aromatic nitrogens is 1. The number of anilines is 2. The zero-order chi connectivity index (χ0) is 25.9. The molecule has 1 fully saturated rings. The third-order valence-corrected chi connectivity index (χ3v) is 7.27. The van der Waals surface area contributed by atoms with Gasteiger partial charge in [0, 0.05) is 29.8 Å². The maximum atomic E-state index is 12.2. The summed E-state index contributed by atoms with van der Waals surface area (Å²) in [6.45, 7) is 4.25. The third kappa shape index (κ3) is 4.32. The molecular weight excluding hydrogens is 456 g/mol. The van der Waals surface area contributed by atoms with Gasteiger partial charge in [-0.15, -0.1) is 0 Å². The summed E-state index contributed by atoms with van der Waals surface area (Å²) in [4.78, 5) is 34.3. The first-order valence-corrected chi connectivity index (χ1v) is 11.9. The monoisotopic (exact) mass is 486 g/mol. The normalized spacial score (nSPS) is 22.1. The van der Waals surface area contributed by atoms with Crippen LogP contribution in [0.1, 0.15) is 32.3 Å². The molecule has 1 amide bonds. The Hall–Kier alpha value is -4.16. The number of carboxylic acids is 1. The lowest BCUT2D eigenvalue weighted by molar-refractivity contribution is -0.142. The molecule has 1 aliphatic carbocycles. The summed E-state index contributed by atoms with van der Waals surface area (Å²) in [7, 11) is 2.02. The molecule has 0 bridgehead atoms. The van der Waals surface area contributed by atoms with Crippen LogP contribution in [0.5, 0.6) is 0 Å². The lowest BCUT2D eigenvalue weighted by Crippen LogP contribution is -2.50. The number of carbonyl (C=O) groups excluding carboxylic acids is 1. The van der Waals surface area contributed by atoms with Crippen LogP contribution in [0.2, 0.25) is 0 Å². The molecule has 1 saturated heterocycles. The Labute approximate surface area is 210 Å². The van der Waals surface area contributed by atoms with Crippen LogP contribution in [-0.4, -0.2) is 63.6 Å². The minimum absolute atomic E-state index is 0.259. The van der Waals surface area contributed by atoms with Crippen molar-refractivity contribution in [2.45, 2.75) is 44.4 Å². The Kier molecular flexibility index (Phi) is 7.08. The zero-order valence-electron chi connectivity index (χ0n) is 20.6. The molecule has 1 aromatic heterocycles. The Morgan fingerprint density at radius 3 is 2.69 bits per heavy atom. The summed E-state index contributed by atoms with van der Waals surface area (Å²) in [5.41, 5.74) is 2.55. The molecule has 3 atom stereocenters. The molecule has 3 unspecified atom stereocenters. The number of nitriles is 1. The summed E-state index contributed by atoms with van der Waals surface area (Å²) >= 11 is 0. The van der Waals surface area contributed by atoms with Gasteiger partial charge in [-0.25, -0.2) is 9.78 Å². The summed E-state index contributed by atoms with van der Waals surface area (Å²) in [5, 5.41) is 22.5. The van der Waals surface area contributed by atoms with E-state index in [1.54, 1.807) is 37.4 Å². The van der Waals surface area contributed by atoms with Crippen molar-refractivity contribution in [3.63, 3.8) is 0 Å². The molecule has 0 radical (unpaired) electrons. The molecule has 9 heteroatoms. The van der Waals surface area contributed by atoms with E-state index in [-0.39, 0.29) is 6.17 Å². The fourth-order valence-corrected chi connectivity index (χ4v) is 5.16. The smallest absolute Gasteiger partial charge is 0.326 e. The van der Waals surface area contributed by atoms with E-state index in [0.29, 0.717) is 30.0 Å². The van der Waals surface area contributed by atoms with Crippen LogP contribution in [-0.2, 0) is 9.59 Å². The fourth-order valence-electron chi connectivity index (χ4n) is 5.16. The van der Waals surface area contributed by atoms with Gasteiger partial charge in [-0.3, -0.25) is 14.6 Å². The summed E-state index contributed by atoms with van der Waals surface area (Å²) in [5.74, 6) is -0.421. The summed E-state index contributed by atoms with van der Waals surface area (Å²) < 4.78 is 0. The van der Waals surface area contributed by atoms with Crippen LogP contribution >= 0.6 is 0 Å². The second-order valence-corrected chi connectivity index (χ2v) is 8.99. The number of rotatable bonds is 9. The SMILES string of the molecule is CCC12CC=C(N(C=O)c3ccccn3)C=C1N(C(C)C(=O)O)C(CNc1ccc(C#N)cc1)N2C. The van der Waals surface area contributed by atoms with E-state index in [1.807, 2.05) is 42.3 Å². The number of aliphatic carboxylic acids is 1. The van der Waals surface area contributed by atoms with Crippen molar-refractivity contribution in [3.8, 4) is 6.07 Å². The first-order valence-electron chi connectivity index (χ1n) is 11.9. The minimum Gasteiger partial charge on any atom is -0.480 e. The second-order valence-electron chi connectivity index (χ2n) is 8.99. The maximum absolute atomic E-state index is 12.2. The van der Waals surface area contributed by atoms with Crippen LogP contribution in [0.3, 0.4) is 0 Å². The van der Waals surface area contributed by atoms with Crippen LogP contribution in [0.4, 0.5) is 11.5 Å². The Morgan fingerprint density at radius 2 is 2.11 bits per heavy atom. The van der Waals surface area contributed by atoms with Crippen LogP contribution in [0.15, 0.2) is 72.2 Å². The molecule has 1 aromatic carbocycles. The van der Waals surface area contributed by atoms with Crippen molar-refractivity contribution in [3.05, 3.63) is 77.8 Å². The lowest BCUT2D eigenvalue weighted by atomic mass is 9.83. The van der Waals surface area contributed by atoms with Gasteiger partial charge in [0.25, 0.3) is 0 Å². The molecule has 2 aliphatic rings. The molecule has 9 nitrogen and oxygen atoms in total. The van der Waals surface area contributed by atoms with Gasteiger partial charge in [-0.1, -0.05) is 19.1 Å². The maximum Gasteiger partial charge on any atom is 0.326 e. The number of pyridine rings is 1. The third-order valence-electron chi connectivity index (χ3n) is 7.27. The number of allylic oxidation sites excluding steroid dienone is 1. The van der Waals surface area contributed by atoms with E-state index in [9.17, 15) is 14.7 Å². The molecule has 2 N–H and O–H groups in total. The average Bonchev–Trinajstić information content (AvgIpc) is 3.15. The fraction of sp³-hybridized carbons (Fsp3) is 0.333. The average molecular weight is 487 g/mol. The molecule has 0 saturated carbocycles. The van der Waals surface area contributed by atoms with Crippen molar-refractivity contribution < 1.29 is 14.7 Å². The van der Waals surface area contributed by atoms with E-state index < -0.39 is 17.6 Å². The Bertz CT molecular complexity index is 1220. The second kappa shape index (κ2) is 10.2. The van der Waals surface area contributed by atoms with Gasteiger partial charge in [-0.2, -0.15) is 5.26 Å². The number of nitrogens with zero attached hydrogens (tertiary/aromatic N) is 5. The van der Waals surface area contributed by atoms with E-state index >= 15 is 0 Å². The summed E-state index contributed by atoms with van der Waals surface area (Å²) in [6.07, 6.45) is 7.43. The van der Waals surface area contributed by atoms with Crippen LogP contribution in [0.25, 0.3) is 0 Å². The molecule has 36 heavy (non-hydrogen) atoms. The van der Waals surface area contributed by atoms with E-state index in [1.165, 1.54) is 4.90 Å². The quantitative estimate of drug-likeness (QED) is 0.519. The number of hydrogen-bond acceptors (Lipinski definition) is 7. The number of benzene rings is 1. The zero-order valence-corrected chi connectivity index (χ0v) is 20.6. The van der Waals surface area contributed by atoms with Crippen molar-refractivity contribution in [1.29, 1.82) is 5.26 Å². The largest absolute Gasteiger partial charge is 0.480 e. The number of carbonyl (C=O) groups is 2. The van der Waals surface area contributed by atoms with Crippen molar-refractivity contribution in [2.75, 3.05) is 23.8 Å². The minimum atomic E-state index is -0.923. The van der Waals surface area contributed by atoms with E-state index in [4.69, 9.17) is 5.26 Å². The Balaban J connectivity index is 1.71. The highest BCUT2D eigenvalue weighted by molar-refractivity contribution is 5.80. The van der Waals surface area contributed by atoms with Crippen LogP contribution < -0.4 is 10.2 Å². The first kappa shape index (κ1) is 24.9. The topological polar surface area (TPSA) is 113 Å². The highest BCUT2D eigenvalue weighted by Crippen LogP contribution is 2.47. The molecule has 2 aromatic rings.